The molecule has 2 aliphatic heterocycles. The van der Waals surface area contributed by atoms with Crippen molar-refractivity contribution in [2.45, 2.75) is 74.8 Å². The van der Waals surface area contributed by atoms with Gasteiger partial charge in [-0.1, -0.05) is 19.4 Å². The molecule has 0 radical (unpaired) electrons. The van der Waals surface area contributed by atoms with E-state index in [1.165, 1.54) is 10.8 Å². The van der Waals surface area contributed by atoms with Crippen LogP contribution < -0.4 is 5.73 Å². The van der Waals surface area contributed by atoms with Gasteiger partial charge in [-0.3, -0.25) is 9.78 Å². The number of hydrogen-bond acceptors (Lipinski definition) is 9. The predicted octanol–water partition coefficient (Wildman–Crippen LogP) is 2.79. The van der Waals surface area contributed by atoms with Crippen molar-refractivity contribution in [3.63, 3.8) is 0 Å². The van der Waals surface area contributed by atoms with E-state index in [0.717, 1.165) is 55.2 Å². The lowest BCUT2D eigenvalue weighted by Crippen LogP contribution is -2.46. The molecule has 2 saturated heterocycles. The summed E-state index contributed by atoms with van der Waals surface area (Å²) in [5, 5.41) is 12.0. The molecule has 0 aliphatic carbocycles. The molecule has 6 rings (SSSR count). The summed E-state index contributed by atoms with van der Waals surface area (Å²) in [6.07, 6.45) is 11.9. The molecule has 0 saturated carbocycles. The van der Waals surface area contributed by atoms with Gasteiger partial charge in [0.25, 0.3) is 5.91 Å². The van der Waals surface area contributed by atoms with E-state index in [4.69, 9.17) is 10.7 Å². The summed E-state index contributed by atoms with van der Waals surface area (Å²) in [7, 11) is -3.72. The van der Waals surface area contributed by atoms with Gasteiger partial charge in [0.1, 0.15) is 17.0 Å². The molecule has 204 valence electrons. The van der Waals surface area contributed by atoms with Gasteiger partial charge in [-0.25, -0.2) is 13.4 Å². The smallest absolute Gasteiger partial charge is 0.292 e. The summed E-state index contributed by atoms with van der Waals surface area (Å²) in [5.41, 5.74) is 10.0. The standard InChI is InChI=1S/C26H31N9O3S/c1-3-4-5-17-7-6-15(12-28-17)20-13-31-35-23(27)22(39(2,37)38)21(32-25(20)35)16-10-18-8-9-19(11-16)34(18)26(36)24-29-14-30-33-24/h6-7,12-14,16,18-19H,3-5,8-11,27H2,1-2H3,(H,29,30,33)/t16-,18+,19-. The van der Waals surface area contributed by atoms with Gasteiger partial charge in [-0.2, -0.15) is 9.61 Å². The maximum absolute atomic E-state index is 13.1. The minimum atomic E-state index is -3.72. The number of fused-ring (bicyclic) bond motifs is 3. The topological polar surface area (TPSA) is 165 Å². The fourth-order valence-corrected chi connectivity index (χ4v) is 7.19. The summed E-state index contributed by atoms with van der Waals surface area (Å²) in [4.78, 5) is 27.3. The zero-order valence-electron chi connectivity index (χ0n) is 21.9. The molecule has 12 nitrogen and oxygen atoms in total. The Morgan fingerprint density at radius 1 is 1.18 bits per heavy atom. The SMILES string of the molecule is CCCCc1ccc(-c2cnn3c(N)c(S(C)(=O)=O)c([C@H]4C[C@H]5CC[C@@H](C4)N5C(=O)c4nnc[nH]4)nc23)cn1. The summed E-state index contributed by atoms with van der Waals surface area (Å²) in [6.45, 7) is 2.15. The van der Waals surface area contributed by atoms with Crippen molar-refractivity contribution in [1.82, 2.24) is 39.7 Å². The lowest BCUT2D eigenvalue weighted by Gasteiger charge is -2.38. The molecule has 2 fully saturated rings. The number of nitrogens with zero attached hydrogens (tertiary/aromatic N) is 7. The monoisotopic (exact) mass is 549 g/mol. The van der Waals surface area contributed by atoms with Gasteiger partial charge in [-0.05, 0) is 44.6 Å². The Balaban J connectivity index is 1.40. The van der Waals surface area contributed by atoms with Crippen molar-refractivity contribution in [3.8, 4) is 11.1 Å². The highest BCUT2D eigenvalue weighted by molar-refractivity contribution is 7.91. The largest absolute Gasteiger partial charge is 0.382 e. The summed E-state index contributed by atoms with van der Waals surface area (Å²) >= 11 is 0. The number of unbranched alkanes of at least 4 members (excludes halogenated alkanes) is 1. The summed E-state index contributed by atoms with van der Waals surface area (Å²) < 4.78 is 27.4. The summed E-state index contributed by atoms with van der Waals surface area (Å²) in [5.74, 6) is -0.110. The number of nitrogens with one attached hydrogen (secondary N) is 1. The number of aromatic amines is 1. The van der Waals surface area contributed by atoms with Gasteiger partial charge >= 0.3 is 0 Å². The first-order valence-electron chi connectivity index (χ1n) is 13.3. The van der Waals surface area contributed by atoms with Crippen LogP contribution in [-0.4, -0.2) is 72.3 Å². The molecule has 39 heavy (non-hydrogen) atoms. The number of nitrogens with two attached hydrogens (primary N) is 1. The third kappa shape index (κ3) is 4.44. The van der Waals surface area contributed by atoms with Gasteiger partial charge in [0.15, 0.2) is 15.5 Å². The van der Waals surface area contributed by atoms with Gasteiger partial charge in [-0.15, -0.1) is 10.2 Å². The summed E-state index contributed by atoms with van der Waals surface area (Å²) in [6, 6.07) is 3.89. The molecule has 0 unspecified atom stereocenters. The van der Waals surface area contributed by atoms with Crippen LogP contribution in [0.1, 0.15) is 73.4 Å². The number of piperidine rings is 1. The highest BCUT2D eigenvalue weighted by atomic mass is 32.2. The van der Waals surface area contributed by atoms with Gasteiger partial charge in [0.05, 0.1) is 11.9 Å². The van der Waals surface area contributed by atoms with E-state index in [2.05, 4.69) is 32.2 Å². The third-order valence-electron chi connectivity index (χ3n) is 7.93. The van der Waals surface area contributed by atoms with E-state index >= 15 is 0 Å². The normalized spacial score (nSPS) is 21.1. The zero-order chi connectivity index (χ0) is 27.3. The highest BCUT2D eigenvalue weighted by Gasteiger charge is 2.46. The van der Waals surface area contributed by atoms with Crippen molar-refractivity contribution >= 4 is 27.2 Å². The minimum absolute atomic E-state index is 0.0112. The number of H-pyrrole nitrogens is 1. The minimum Gasteiger partial charge on any atom is -0.382 e. The Labute approximate surface area is 226 Å². The quantitative estimate of drug-likeness (QED) is 0.352. The van der Waals surface area contributed by atoms with Crippen LogP contribution in [0.25, 0.3) is 16.8 Å². The van der Waals surface area contributed by atoms with E-state index in [1.54, 1.807) is 12.4 Å². The molecule has 0 spiro atoms. The number of carbonyl (C=O) groups excluding carboxylic acids is 1. The Morgan fingerprint density at radius 3 is 2.56 bits per heavy atom. The Morgan fingerprint density at radius 2 is 1.95 bits per heavy atom. The van der Waals surface area contributed by atoms with Crippen LogP contribution in [0.4, 0.5) is 5.82 Å². The predicted molar refractivity (Wildman–Crippen MR) is 144 cm³/mol. The number of hydrogen-bond donors (Lipinski definition) is 2. The first kappa shape index (κ1) is 25.4. The van der Waals surface area contributed by atoms with Crippen molar-refractivity contribution in [3.05, 3.63) is 48.1 Å². The molecule has 3 N–H and O–H groups in total. The molecule has 13 heteroatoms. The number of anilines is 1. The number of carbonyl (C=O) groups is 1. The lowest BCUT2D eigenvalue weighted by molar-refractivity contribution is 0.0556. The fourth-order valence-electron chi connectivity index (χ4n) is 6.13. The van der Waals surface area contributed by atoms with Crippen LogP contribution in [0.5, 0.6) is 0 Å². The Kier molecular flexibility index (Phi) is 6.32. The highest BCUT2D eigenvalue weighted by Crippen LogP contribution is 2.45. The molecule has 2 aliphatic rings. The van der Waals surface area contributed by atoms with Crippen molar-refractivity contribution in [2.75, 3.05) is 12.0 Å². The van der Waals surface area contributed by atoms with Gasteiger partial charge in [0.2, 0.25) is 5.82 Å². The maximum atomic E-state index is 13.1. The van der Waals surface area contributed by atoms with Crippen LogP contribution >= 0.6 is 0 Å². The van der Waals surface area contributed by atoms with E-state index in [-0.39, 0.29) is 40.4 Å². The van der Waals surface area contributed by atoms with Crippen LogP contribution in [-0.2, 0) is 16.3 Å². The number of aromatic nitrogens is 7. The van der Waals surface area contributed by atoms with E-state index in [9.17, 15) is 13.2 Å². The van der Waals surface area contributed by atoms with Crippen LogP contribution in [0.15, 0.2) is 35.7 Å². The van der Waals surface area contributed by atoms with Gasteiger partial charge in [0, 0.05) is 47.3 Å². The zero-order valence-corrected chi connectivity index (χ0v) is 22.7. The first-order valence-corrected chi connectivity index (χ1v) is 15.2. The average Bonchev–Trinajstić information content (AvgIpc) is 3.65. The fraction of sp³-hybridized carbons (Fsp3) is 0.462. The third-order valence-corrected chi connectivity index (χ3v) is 9.09. The molecule has 1 amide bonds. The molecule has 4 aromatic rings. The number of sulfone groups is 1. The molecular weight excluding hydrogens is 518 g/mol. The van der Waals surface area contributed by atoms with E-state index < -0.39 is 9.84 Å². The molecule has 3 atom stereocenters. The van der Waals surface area contributed by atoms with Crippen molar-refractivity contribution in [1.29, 1.82) is 0 Å². The second-order valence-corrected chi connectivity index (χ2v) is 12.5. The molecule has 0 aromatic carbocycles. The van der Waals surface area contributed by atoms with Gasteiger partial charge < -0.3 is 15.6 Å². The first-order chi connectivity index (χ1) is 18.8. The van der Waals surface area contributed by atoms with Crippen LogP contribution in [0, 0.1) is 0 Å². The van der Waals surface area contributed by atoms with E-state index in [0.29, 0.717) is 24.2 Å². The second kappa shape index (κ2) is 9.70. The van der Waals surface area contributed by atoms with E-state index in [1.807, 2.05) is 17.0 Å². The molecule has 6 heterocycles. The number of rotatable bonds is 7. The molecule has 2 bridgehead atoms. The number of pyridine rings is 1. The molecule has 4 aromatic heterocycles. The Bertz CT molecular complexity index is 1620. The van der Waals surface area contributed by atoms with Crippen molar-refractivity contribution in [2.24, 2.45) is 0 Å². The lowest BCUT2D eigenvalue weighted by atomic mass is 9.87. The number of amides is 1. The number of nitrogen functional groups attached to an aromatic ring is 1. The number of aryl methyl sites for hydroxylation is 1. The Hall–Kier alpha value is -3.87. The van der Waals surface area contributed by atoms with Crippen molar-refractivity contribution < 1.29 is 13.2 Å². The maximum Gasteiger partial charge on any atom is 0.292 e. The van der Waals surface area contributed by atoms with Crippen LogP contribution in [0.3, 0.4) is 0 Å². The molecular formula is C26H31N9O3S. The second-order valence-electron chi connectivity index (χ2n) is 10.5. The van der Waals surface area contributed by atoms with Crippen LogP contribution in [0.2, 0.25) is 0 Å². The average molecular weight is 550 g/mol.